The summed E-state index contributed by atoms with van der Waals surface area (Å²) in [5.41, 5.74) is 0.948. The largest absolute Gasteiger partial charge is 0.495 e. The molecule has 2 rings (SSSR count). The van der Waals surface area contributed by atoms with Gasteiger partial charge in [-0.15, -0.1) is 0 Å². The van der Waals surface area contributed by atoms with Crippen LogP contribution < -0.4 is 9.46 Å². The molecule has 0 saturated carbocycles. The van der Waals surface area contributed by atoms with E-state index in [1.165, 1.54) is 7.11 Å². The van der Waals surface area contributed by atoms with E-state index in [1.807, 2.05) is 6.92 Å². The van der Waals surface area contributed by atoms with Gasteiger partial charge < -0.3 is 14.7 Å². The quantitative estimate of drug-likeness (QED) is 0.772. The molecule has 1 aromatic rings. The lowest BCUT2D eigenvalue weighted by molar-refractivity contribution is 0.122. The molecule has 1 aliphatic heterocycles. The van der Waals surface area contributed by atoms with Crippen molar-refractivity contribution in [1.82, 2.24) is 9.62 Å². The smallest absolute Gasteiger partial charge is 0.244 e. The SMILES string of the molecule is COc1cc(C)ccc1S(=O)(=O)NCCN1CCC[C@H](CO)C1. The Morgan fingerprint density at radius 3 is 2.91 bits per heavy atom. The first kappa shape index (κ1) is 18.2. The number of aryl methyl sites for hydroxylation is 1. The first-order valence-electron chi connectivity index (χ1n) is 7.94. The van der Waals surface area contributed by atoms with E-state index < -0.39 is 10.0 Å². The fourth-order valence-electron chi connectivity index (χ4n) is 2.92. The number of hydrogen-bond donors (Lipinski definition) is 2. The summed E-state index contributed by atoms with van der Waals surface area (Å²) in [6.07, 6.45) is 2.09. The average Bonchev–Trinajstić information content (AvgIpc) is 2.54. The minimum atomic E-state index is -3.59. The number of ether oxygens (including phenoxy) is 1. The van der Waals surface area contributed by atoms with Gasteiger partial charge in [-0.25, -0.2) is 13.1 Å². The van der Waals surface area contributed by atoms with Gasteiger partial charge in [-0.1, -0.05) is 6.07 Å². The highest BCUT2D eigenvalue weighted by atomic mass is 32.2. The molecule has 7 heteroatoms. The summed E-state index contributed by atoms with van der Waals surface area (Å²) in [7, 11) is -2.12. The van der Waals surface area contributed by atoms with Crippen LogP contribution in [0.25, 0.3) is 0 Å². The minimum absolute atomic E-state index is 0.164. The normalized spacial score (nSPS) is 19.7. The number of sulfonamides is 1. The van der Waals surface area contributed by atoms with Crippen LogP contribution in [0.3, 0.4) is 0 Å². The van der Waals surface area contributed by atoms with E-state index in [4.69, 9.17) is 4.74 Å². The van der Waals surface area contributed by atoms with Gasteiger partial charge >= 0.3 is 0 Å². The van der Waals surface area contributed by atoms with Crippen molar-refractivity contribution >= 4 is 10.0 Å². The predicted octanol–water partition coefficient (Wildman–Crippen LogP) is 0.986. The lowest BCUT2D eigenvalue weighted by atomic mass is 9.99. The summed E-state index contributed by atoms with van der Waals surface area (Å²) in [6.45, 7) is 4.85. The summed E-state index contributed by atoms with van der Waals surface area (Å²) in [5, 5.41) is 9.24. The van der Waals surface area contributed by atoms with Crippen LogP contribution in [-0.4, -0.2) is 58.3 Å². The van der Waals surface area contributed by atoms with Crippen molar-refractivity contribution in [2.75, 3.05) is 39.9 Å². The van der Waals surface area contributed by atoms with E-state index in [2.05, 4.69) is 9.62 Å². The van der Waals surface area contributed by atoms with E-state index in [0.717, 1.165) is 31.5 Å². The second-order valence-electron chi connectivity index (χ2n) is 6.04. The van der Waals surface area contributed by atoms with Crippen molar-refractivity contribution in [3.05, 3.63) is 23.8 Å². The molecule has 0 aromatic heterocycles. The predicted molar refractivity (Wildman–Crippen MR) is 89.2 cm³/mol. The van der Waals surface area contributed by atoms with Crippen molar-refractivity contribution in [2.45, 2.75) is 24.7 Å². The third-order valence-electron chi connectivity index (χ3n) is 4.19. The van der Waals surface area contributed by atoms with E-state index in [0.29, 0.717) is 24.8 Å². The molecule has 2 N–H and O–H groups in total. The first-order chi connectivity index (χ1) is 11.0. The Labute approximate surface area is 138 Å². The lowest BCUT2D eigenvalue weighted by Gasteiger charge is -2.31. The highest BCUT2D eigenvalue weighted by Gasteiger charge is 2.21. The third kappa shape index (κ3) is 4.91. The van der Waals surface area contributed by atoms with E-state index in [9.17, 15) is 13.5 Å². The standard InChI is InChI=1S/C16H26N2O4S/c1-13-5-6-16(15(10-13)22-2)23(20,21)17-7-9-18-8-3-4-14(11-18)12-19/h5-6,10,14,17,19H,3-4,7-9,11-12H2,1-2H3/t14-/m0/s1. The van der Waals surface area contributed by atoms with Crippen molar-refractivity contribution in [1.29, 1.82) is 0 Å². The molecule has 0 aliphatic carbocycles. The zero-order valence-electron chi connectivity index (χ0n) is 13.8. The molecule has 0 bridgehead atoms. The van der Waals surface area contributed by atoms with Gasteiger partial charge in [0.25, 0.3) is 0 Å². The van der Waals surface area contributed by atoms with Crippen molar-refractivity contribution in [2.24, 2.45) is 5.92 Å². The van der Waals surface area contributed by atoms with E-state index >= 15 is 0 Å². The van der Waals surface area contributed by atoms with E-state index in [1.54, 1.807) is 18.2 Å². The van der Waals surface area contributed by atoms with Gasteiger partial charge in [-0.2, -0.15) is 0 Å². The van der Waals surface area contributed by atoms with Gasteiger partial charge in [0.15, 0.2) is 0 Å². The molecule has 130 valence electrons. The van der Waals surface area contributed by atoms with Crippen LogP contribution in [0.2, 0.25) is 0 Å². The Morgan fingerprint density at radius 1 is 1.43 bits per heavy atom. The topological polar surface area (TPSA) is 78.9 Å². The zero-order valence-corrected chi connectivity index (χ0v) is 14.6. The lowest BCUT2D eigenvalue weighted by Crippen LogP contribution is -2.41. The Hall–Kier alpha value is -1.15. The summed E-state index contributed by atoms with van der Waals surface area (Å²) < 4.78 is 32.7. The Bertz CT molecular complexity index is 619. The fourth-order valence-corrected chi connectivity index (χ4v) is 4.09. The number of likely N-dealkylation sites (tertiary alicyclic amines) is 1. The number of rotatable bonds is 7. The average molecular weight is 342 g/mol. The van der Waals surface area contributed by atoms with Crippen LogP contribution in [0.15, 0.2) is 23.1 Å². The molecule has 6 nitrogen and oxygen atoms in total. The summed E-state index contributed by atoms with van der Waals surface area (Å²) in [6, 6.07) is 5.04. The van der Waals surface area contributed by atoms with Crippen LogP contribution >= 0.6 is 0 Å². The zero-order chi connectivity index (χ0) is 16.9. The number of hydrogen-bond acceptors (Lipinski definition) is 5. The van der Waals surface area contributed by atoms with Crippen molar-refractivity contribution < 1.29 is 18.3 Å². The minimum Gasteiger partial charge on any atom is -0.495 e. The summed E-state index contributed by atoms with van der Waals surface area (Å²) in [5.74, 6) is 0.661. The summed E-state index contributed by atoms with van der Waals surface area (Å²) >= 11 is 0. The molecule has 1 fully saturated rings. The maximum Gasteiger partial charge on any atom is 0.244 e. The maximum absolute atomic E-state index is 12.4. The maximum atomic E-state index is 12.4. The summed E-state index contributed by atoms with van der Waals surface area (Å²) in [4.78, 5) is 2.36. The number of aliphatic hydroxyl groups excluding tert-OH is 1. The Kier molecular flexibility index (Phi) is 6.41. The third-order valence-corrected chi connectivity index (χ3v) is 5.69. The molecule has 0 spiro atoms. The van der Waals surface area contributed by atoms with E-state index in [-0.39, 0.29) is 11.5 Å². The number of nitrogens with one attached hydrogen (secondary N) is 1. The van der Waals surface area contributed by atoms with Crippen LogP contribution in [-0.2, 0) is 10.0 Å². The van der Waals surface area contributed by atoms with Gasteiger partial charge in [-0.3, -0.25) is 0 Å². The van der Waals surface area contributed by atoms with Crippen molar-refractivity contribution in [3.8, 4) is 5.75 Å². The Morgan fingerprint density at radius 2 is 2.22 bits per heavy atom. The molecule has 1 atom stereocenters. The number of nitrogens with zero attached hydrogens (tertiary/aromatic N) is 1. The number of aliphatic hydroxyl groups is 1. The van der Waals surface area contributed by atoms with Gasteiger partial charge in [0, 0.05) is 26.2 Å². The van der Waals surface area contributed by atoms with Gasteiger partial charge in [-0.05, 0) is 49.9 Å². The van der Waals surface area contributed by atoms with Crippen LogP contribution in [0.4, 0.5) is 0 Å². The molecule has 1 saturated heterocycles. The van der Waals surface area contributed by atoms with Crippen LogP contribution in [0, 0.1) is 12.8 Å². The number of piperidine rings is 1. The van der Waals surface area contributed by atoms with Gasteiger partial charge in [0.05, 0.1) is 7.11 Å². The molecule has 1 aromatic carbocycles. The molecule has 23 heavy (non-hydrogen) atoms. The monoisotopic (exact) mass is 342 g/mol. The van der Waals surface area contributed by atoms with Gasteiger partial charge in [0.1, 0.15) is 10.6 Å². The fraction of sp³-hybridized carbons (Fsp3) is 0.625. The van der Waals surface area contributed by atoms with Crippen LogP contribution in [0.5, 0.6) is 5.75 Å². The number of benzene rings is 1. The number of methoxy groups -OCH3 is 1. The molecular weight excluding hydrogens is 316 g/mol. The molecule has 0 unspecified atom stereocenters. The van der Waals surface area contributed by atoms with Crippen LogP contribution in [0.1, 0.15) is 18.4 Å². The van der Waals surface area contributed by atoms with Crippen molar-refractivity contribution in [3.63, 3.8) is 0 Å². The molecular formula is C16H26N2O4S. The second kappa shape index (κ2) is 8.10. The molecule has 0 radical (unpaired) electrons. The molecule has 0 amide bonds. The highest BCUT2D eigenvalue weighted by Crippen LogP contribution is 2.24. The first-order valence-corrected chi connectivity index (χ1v) is 9.42. The van der Waals surface area contributed by atoms with Gasteiger partial charge in [0.2, 0.25) is 10.0 Å². The Balaban J connectivity index is 1.94. The molecule has 1 heterocycles. The molecule has 1 aliphatic rings. The second-order valence-corrected chi connectivity index (χ2v) is 7.78. The highest BCUT2D eigenvalue weighted by molar-refractivity contribution is 7.89.